The van der Waals surface area contributed by atoms with Crippen LogP contribution in [0.3, 0.4) is 0 Å². The third kappa shape index (κ3) is 4.88. The van der Waals surface area contributed by atoms with Gasteiger partial charge in [0, 0.05) is 6.42 Å². The Bertz CT molecular complexity index is 412. The maximum atomic E-state index is 11.4. The number of halogens is 1. The van der Waals surface area contributed by atoms with Crippen molar-refractivity contribution >= 4 is 23.4 Å². The van der Waals surface area contributed by atoms with E-state index in [1.165, 1.54) is 0 Å². The number of hydrogen-bond acceptors (Lipinski definition) is 3. The van der Waals surface area contributed by atoms with Crippen LogP contribution in [0.1, 0.15) is 25.0 Å². The summed E-state index contributed by atoms with van der Waals surface area (Å²) in [5.74, 6) is -0.267. The van der Waals surface area contributed by atoms with Crippen LogP contribution in [0.5, 0.6) is 0 Å². The van der Waals surface area contributed by atoms with Crippen molar-refractivity contribution < 1.29 is 14.3 Å². The second-order valence-corrected chi connectivity index (χ2v) is 4.65. The third-order valence-corrected chi connectivity index (χ3v) is 2.77. The van der Waals surface area contributed by atoms with Crippen LogP contribution in [0.15, 0.2) is 24.3 Å². The van der Waals surface area contributed by atoms with Crippen LogP contribution in [0.25, 0.3) is 0 Å². The van der Waals surface area contributed by atoms with E-state index in [0.717, 1.165) is 11.1 Å². The minimum Gasteiger partial charge on any atom is -0.465 e. The molecule has 1 aromatic carbocycles. The molecule has 0 N–H and O–H groups in total. The van der Waals surface area contributed by atoms with Gasteiger partial charge in [-0.25, -0.2) is 0 Å². The summed E-state index contributed by atoms with van der Waals surface area (Å²) >= 11 is 5.94. The molecule has 0 saturated carbocycles. The van der Waals surface area contributed by atoms with E-state index in [0.29, 0.717) is 19.4 Å². The zero-order chi connectivity index (χ0) is 13.5. The maximum Gasteiger partial charge on any atom is 0.324 e. The molecule has 0 aliphatic carbocycles. The average Bonchev–Trinajstić information content (AvgIpc) is 2.31. The molecule has 1 atom stereocenters. The summed E-state index contributed by atoms with van der Waals surface area (Å²) in [4.78, 5) is 22.3. The Morgan fingerprint density at radius 1 is 1.22 bits per heavy atom. The number of hydrogen-bond donors (Lipinski definition) is 0. The zero-order valence-corrected chi connectivity index (χ0v) is 11.4. The number of esters is 1. The van der Waals surface area contributed by atoms with Gasteiger partial charge in [-0.15, -0.1) is 11.6 Å². The largest absolute Gasteiger partial charge is 0.465 e. The number of carbonyl (C=O) groups excluding carboxylic acids is 2. The van der Waals surface area contributed by atoms with E-state index < -0.39 is 11.3 Å². The first kappa shape index (κ1) is 14.7. The molecule has 0 fully saturated rings. The van der Waals surface area contributed by atoms with Gasteiger partial charge in [-0.3, -0.25) is 9.59 Å². The number of benzene rings is 1. The molecule has 0 spiro atoms. The van der Waals surface area contributed by atoms with Gasteiger partial charge in [0.15, 0.2) is 0 Å². The molecule has 0 aromatic heterocycles. The summed E-state index contributed by atoms with van der Waals surface area (Å²) in [6.45, 7) is 3.64. The smallest absolute Gasteiger partial charge is 0.324 e. The van der Waals surface area contributed by atoms with Crippen LogP contribution in [-0.4, -0.2) is 23.7 Å². The normalized spacial score (nSPS) is 11.9. The maximum absolute atomic E-state index is 11.4. The molecule has 1 rings (SSSR count). The van der Waals surface area contributed by atoms with Gasteiger partial charge >= 0.3 is 5.97 Å². The van der Waals surface area contributed by atoms with Crippen LogP contribution in [0, 0.1) is 0 Å². The number of ketones is 1. The Labute approximate surface area is 112 Å². The Hall–Kier alpha value is -1.35. The van der Waals surface area contributed by atoms with Gasteiger partial charge in [0.2, 0.25) is 0 Å². The van der Waals surface area contributed by atoms with Crippen molar-refractivity contribution in [2.45, 2.75) is 32.1 Å². The van der Waals surface area contributed by atoms with E-state index in [1.807, 2.05) is 24.3 Å². The topological polar surface area (TPSA) is 43.4 Å². The van der Waals surface area contributed by atoms with Crippen molar-refractivity contribution in [3.8, 4) is 0 Å². The van der Waals surface area contributed by atoms with Crippen LogP contribution in [0.2, 0.25) is 0 Å². The van der Waals surface area contributed by atoms with E-state index in [9.17, 15) is 9.59 Å². The Morgan fingerprint density at radius 2 is 1.78 bits per heavy atom. The highest BCUT2D eigenvalue weighted by molar-refractivity contribution is 6.30. The third-order valence-electron chi connectivity index (χ3n) is 2.43. The van der Waals surface area contributed by atoms with Gasteiger partial charge in [-0.2, -0.15) is 0 Å². The van der Waals surface area contributed by atoms with E-state index in [-0.39, 0.29) is 5.78 Å². The van der Waals surface area contributed by atoms with Crippen molar-refractivity contribution in [1.82, 2.24) is 0 Å². The lowest BCUT2D eigenvalue weighted by Crippen LogP contribution is -2.20. The fraction of sp³-hybridized carbons (Fsp3) is 0.429. The van der Waals surface area contributed by atoms with Gasteiger partial charge in [-0.1, -0.05) is 24.3 Å². The van der Waals surface area contributed by atoms with Crippen molar-refractivity contribution in [3.63, 3.8) is 0 Å². The molecule has 0 bridgehead atoms. The minimum atomic E-state index is -0.663. The Morgan fingerprint density at radius 3 is 2.28 bits per heavy atom. The van der Waals surface area contributed by atoms with E-state index in [2.05, 4.69) is 0 Å². The van der Waals surface area contributed by atoms with Gasteiger partial charge < -0.3 is 4.74 Å². The lowest BCUT2D eigenvalue weighted by atomic mass is 10.0. The predicted octanol–water partition coefficient (Wildman–Crippen LogP) is 2.53. The second kappa shape index (κ2) is 7.17. The quantitative estimate of drug-likeness (QED) is 0.588. The number of ether oxygens (including phenoxy) is 1. The highest BCUT2D eigenvalue weighted by Gasteiger charge is 2.16. The number of Topliss-reactive ketones (excluding diaryl/α,β-unsaturated/α-hetero) is 1. The van der Waals surface area contributed by atoms with Crippen molar-refractivity contribution in [2.75, 3.05) is 6.61 Å². The van der Waals surface area contributed by atoms with Crippen molar-refractivity contribution in [1.29, 1.82) is 0 Å². The molecule has 0 amide bonds. The van der Waals surface area contributed by atoms with Crippen molar-refractivity contribution in [2.24, 2.45) is 0 Å². The van der Waals surface area contributed by atoms with Gasteiger partial charge in [0.05, 0.1) is 6.61 Å². The van der Waals surface area contributed by atoms with Gasteiger partial charge in [-0.05, 0) is 31.4 Å². The first-order chi connectivity index (χ1) is 8.52. The first-order valence-corrected chi connectivity index (χ1v) is 6.34. The van der Waals surface area contributed by atoms with E-state index in [1.54, 1.807) is 13.8 Å². The van der Waals surface area contributed by atoms with Crippen molar-refractivity contribution in [3.05, 3.63) is 35.4 Å². The van der Waals surface area contributed by atoms with Crippen LogP contribution >= 0.6 is 11.6 Å². The molecule has 0 radical (unpaired) electrons. The summed E-state index contributed by atoms with van der Waals surface area (Å²) in [6, 6.07) is 7.52. The second-order valence-electron chi connectivity index (χ2n) is 4.12. The predicted molar refractivity (Wildman–Crippen MR) is 70.8 cm³/mol. The molecule has 18 heavy (non-hydrogen) atoms. The molecule has 0 heterocycles. The average molecular weight is 269 g/mol. The highest BCUT2D eigenvalue weighted by Crippen LogP contribution is 2.12. The van der Waals surface area contributed by atoms with Crippen LogP contribution < -0.4 is 0 Å². The van der Waals surface area contributed by atoms with E-state index >= 15 is 0 Å². The summed E-state index contributed by atoms with van der Waals surface area (Å²) in [5, 5.41) is -0.663. The lowest BCUT2D eigenvalue weighted by molar-refractivity contribution is -0.142. The summed E-state index contributed by atoms with van der Waals surface area (Å²) in [5.41, 5.74) is 1.92. The summed E-state index contributed by atoms with van der Waals surface area (Å²) in [7, 11) is 0. The van der Waals surface area contributed by atoms with E-state index in [4.69, 9.17) is 16.3 Å². The van der Waals surface area contributed by atoms with Crippen LogP contribution in [0.4, 0.5) is 0 Å². The molecule has 1 unspecified atom stereocenters. The minimum absolute atomic E-state index is 0.129. The molecule has 4 heteroatoms. The number of rotatable bonds is 6. The SMILES string of the molecule is CCOC(=O)C(Cl)Cc1ccc(CC(C)=O)cc1. The Kier molecular flexibility index (Phi) is 5.86. The number of carbonyl (C=O) groups is 2. The molecular formula is C14H17ClO3. The number of alkyl halides is 1. The molecule has 98 valence electrons. The molecular weight excluding hydrogens is 252 g/mol. The van der Waals surface area contributed by atoms with Gasteiger partial charge in [0.25, 0.3) is 0 Å². The monoisotopic (exact) mass is 268 g/mol. The molecule has 0 aliphatic heterocycles. The zero-order valence-electron chi connectivity index (χ0n) is 10.6. The van der Waals surface area contributed by atoms with Crippen LogP contribution in [-0.2, 0) is 27.2 Å². The summed E-state index contributed by atoms with van der Waals surface area (Å²) in [6.07, 6.45) is 0.864. The lowest BCUT2D eigenvalue weighted by Gasteiger charge is -2.09. The molecule has 0 saturated heterocycles. The molecule has 0 aliphatic rings. The standard InChI is InChI=1S/C14H17ClO3/c1-3-18-14(17)13(15)9-12-6-4-11(5-7-12)8-10(2)16/h4-7,13H,3,8-9H2,1-2H3. The molecule has 1 aromatic rings. The fourth-order valence-electron chi connectivity index (χ4n) is 1.60. The highest BCUT2D eigenvalue weighted by atomic mass is 35.5. The van der Waals surface area contributed by atoms with Gasteiger partial charge in [0.1, 0.15) is 11.2 Å². The summed E-state index contributed by atoms with van der Waals surface area (Å²) < 4.78 is 4.84. The first-order valence-electron chi connectivity index (χ1n) is 5.91. The Balaban J connectivity index is 2.58. The fourth-order valence-corrected chi connectivity index (χ4v) is 1.84. The molecule has 3 nitrogen and oxygen atoms in total.